The second kappa shape index (κ2) is 7.06. The first kappa shape index (κ1) is 18.1. The molecule has 7 heteroatoms. The van der Waals surface area contributed by atoms with Crippen molar-refractivity contribution in [2.45, 2.75) is 25.8 Å². The van der Waals surface area contributed by atoms with E-state index in [-0.39, 0.29) is 18.9 Å². The lowest BCUT2D eigenvalue weighted by molar-refractivity contribution is -0.145. The Balaban J connectivity index is 1.53. The quantitative estimate of drug-likeness (QED) is 0.696. The molecule has 0 unspecified atom stereocenters. The Morgan fingerprint density at radius 1 is 1.21 bits per heavy atom. The van der Waals surface area contributed by atoms with Crippen LogP contribution >= 0.6 is 11.3 Å². The monoisotopic (exact) mass is 391 g/mol. The molecule has 2 N–H and O–H groups in total. The number of aromatic nitrogens is 1. The van der Waals surface area contributed by atoms with Gasteiger partial charge in [-0.15, -0.1) is 11.3 Å². The van der Waals surface area contributed by atoms with Gasteiger partial charge >= 0.3 is 5.97 Å². The normalized spacial score (nSPS) is 14.4. The minimum absolute atomic E-state index is 0.209. The molecular weight excluding hydrogens is 374 g/mol. The van der Waals surface area contributed by atoms with Crippen LogP contribution in [0.5, 0.6) is 0 Å². The number of benzene rings is 2. The maximum atomic E-state index is 13.0. The molecule has 0 saturated heterocycles. The lowest BCUT2D eigenvalue weighted by atomic mass is 9.80. The van der Waals surface area contributed by atoms with Crippen molar-refractivity contribution >= 4 is 33.4 Å². The van der Waals surface area contributed by atoms with Gasteiger partial charge in [-0.05, 0) is 42.2 Å². The molecular formula is C21H17N3O3S. The fourth-order valence-electron chi connectivity index (χ4n) is 3.81. The summed E-state index contributed by atoms with van der Waals surface area (Å²) in [5, 5.41) is 22.0. The number of rotatable bonds is 5. The van der Waals surface area contributed by atoms with Crippen LogP contribution in [0.25, 0.3) is 10.2 Å². The fraction of sp³-hybridized carbons (Fsp3) is 0.238. The van der Waals surface area contributed by atoms with E-state index in [2.05, 4.69) is 16.4 Å². The molecule has 1 aliphatic rings. The van der Waals surface area contributed by atoms with Gasteiger partial charge in [0, 0.05) is 0 Å². The molecule has 0 saturated carbocycles. The average Bonchev–Trinajstić information content (AvgIpc) is 3.25. The lowest BCUT2D eigenvalue weighted by Gasteiger charge is -2.25. The van der Waals surface area contributed by atoms with Gasteiger partial charge in [-0.2, -0.15) is 5.26 Å². The van der Waals surface area contributed by atoms with Crippen LogP contribution in [0, 0.1) is 16.7 Å². The molecule has 2 aromatic carbocycles. The van der Waals surface area contributed by atoms with Crippen LogP contribution in [0.4, 0.5) is 0 Å². The predicted molar refractivity (Wildman–Crippen MR) is 105 cm³/mol. The summed E-state index contributed by atoms with van der Waals surface area (Å²) in [6.45, 7) is 0.234. The smallest absolute Gasteiger partial charge is 0.304 e. The molecule has 4 rings (SSSR count). The summed E-state index contributed by atoms with van der Waals surface area (Å²) in [5.74, 6) is -1.24. The summed E-state index contributed by atoms with van der Waals surface area (Å²) in [4.78, 5) is 29.0. The van der Waals surface area contributed by atoms with E-state index in [4.69, 9.17) is 5.26 Å². The van der Waals surface area contributed by atoms with Gasteiger partial charge in [0.2, 0.25) is 5.91 Å². The molecule has 0 radical (unpaired) electrons. The molecule has 3 aromatic rings. The van der Waals surface area contributed by atoms with E-state index in [0.717, 1.165) is 26.4 Å². The molecule has 0 spiro atoms. The Bertz CT molecular complexity index is 1100. The SMILES string of the molecule is N#Cc1ccc2sc(CNC(=O)C3(CC(=O)O)Cc4ccccc4C3)nc2c1. The number of aliphatic carboxylic acids is 1. The van der Waals surface area contributed by atoms with E-state index in [0.29, 0.717) is 18.4 Å². The fourth-order valence-corrected chi connectivity index (χ4v) is 4.70. The third-order valence-electron chi connectivity index (χ3n) is 5.11. The van der Waals surface area contributed by atoms with Crippen molar-refractivity contribution in [3.8, 4) is 6.07 Å². The van der Waals surface area contributed by atoms with Crippen molar-refractivity contribution in [3.05, 3.63) is 64.2 Å². The number of carboxylic acid groups (broad SMARTS) is 1. The number of hydrogen-bond acceptors (Lipinski definition) is 5. The van der Waals surface area contributed by atoms with Crippen molar-refractivity contribution < 1.29 is 14.7 Å². The maximum Gasteiger partial charge on any atom is 0.304 e. The molecule has 6 nitrogen and oxygen atoms in total. The molecule has 0 fully saturated rings. The number of hydrogen-bond donors (Lipinski definition) is 2. The number of carbonyl (C=O) groups is 2. The Morgan fingerprint density at radius 3 is 2.57 bits per heavy atom. The zero-order valence-electron chi connectivity index (χ0n) is 14.9. The molecule has 1 heterocycles. The highest BCUT2D eigenvalue weighted by Crippen LogP contribution is 2.40. The number of fused-ring (bicyclic) bond motifs is 2. The van der Waals surface area contributed by atoms with Gasteiger partial charge in [0.15, 0.2) is 0 Å². The van der Waals surface area contributed by atoms with Crippen molar-refractivity contribution in [2.24, 2.45) is 5.41 Å². The van der Waals surface area contributed by atoms with Crippen molar-refractivity contribution in [1.82, 2.24) is 10.3 Å². The van der Waals surface area contributed by atoms with E-state index in [1.54, 1.807) is 12.1 Å². The first-order valence-corrected chi connectivity index (χ1v) is 9.67. The van der Waals surface area contributed by atoms with Crippen LogP contribution in [0.2, 0.25) is 0 Å². The van der Waals surface area contributed by atoms with Crippen LogP contribution in [0.3, 0.4) is 0 Å². The molecule has 1 aromatic heterocycles. The summed E-state index contributed by atoms with van der Waals surface area (Å²) in [7, 11) is 0. The van der Waals surface area contributed by atoms with Gasteiger partial charge < -0.3 is 10.4 Å². The van der Waals surface area contributed by atoms with Crippen LogP contribution in [-0.2, 0) is 29.0 Å². The number of thiazole rings is 1. The Hall–Kier alpha value is -3.24. The number of carbonyl (C=O) groups excluding carboxylic acids is 1. The third-order valence-corrected chi connectivity index (χ3v) is 6.14. The van der Waals surface area contributed by atoms with Gasteiger partial charge in [0.1, 0.15) is 5.01 Å². The lowest BCUT2D eigenvalue weighted by Crippen LogP contribution is -2.43. The summed E-state index contributed by atoms with van der Waals surface area (Å²) >= 11 is 1.45. The summed E-state index contributed by atoms with van der Waals surface area (Å²) in [6.07, 6.45) is 0.637. The Morgan fingerprint density at radius 2 is 1.93 bits per heavy atom. The van der Waals surface area contributed by atoms with Gasteiger partial charge in [0.05, 0.1) is 40.2 Å². The van der Waals surface area contributed by atoms with E-state index < -0.39 is 11.4 Å². The number of carboxylic acids is 1. The zero-order valence-corrected chi connectivity index (χ0v) is 15.8. The highest BCUT2D eigenvalue weighted by atomic mass is 32.1. The first-order chi connectivity index (χ1) is 13.5. The molecule has 0 bridgehead atoms. The maximum absolute atomic E-state index is 13.0. The van der Waals surface area contributed by atoms with Crippen LogP contribution < -0.4 is 5.32 Å². The second-order valence-corrected chi connectivity index (χ2v) is 8.17. The minimum Gasteiger partial charge on any atom is -0.481 e. The van der Waals surface area contributed by atoms with E-state index in [9.17, 15) is 14.7 Å². The topological polar surface area (TPSA) is 103 Å². The zero-order chi connectivity index (χ0) is 19.7. The minimum atomic E-state index is -0.980. The molecule has 1 aliphatic carbocycles. The first-order valence-electron chi connectivity index (χ1n) is 8.85. The molecule has 0 aliphatic heterocycles. The average molecular weight is 391 g/mol. The van der Waals surface area contributed by atoms with Crippen LogP contribution in [0.1, 0.15) is 28.1 Å². The number of nitrogens with zero attached hydrogens (tertiary/aromatic N) is 2. The highest BCUT2D eigenvalue weighted by molar-refractivity contribution is 7.18. The molecule has 28 heavy (non-hydrogen) atoms. The van der Waals surface area contributed by atoms with Crippen LogP contribution in [0.15, 0.2) is 42.5 Å². The van der Waals surface area contributed by atoms with Crippen molar-refractivity contribution in [3.63, 3.8) is 0 Å². The van der Waals surface area contributed by atoms with Gasteiger partial charge in [-0.3, -0.25) is 9.59 Å². The third kappa shape index (κ3) is 3.35. The van der Waals surface area contributed by atoms with E-state index in [1.165, 1.54) is 11.3 Å². The predicted octanol–water partition coefficient (Wildman–Crippen LogP) is 3.04. The van der Waals surface area contributed by atoms with E-state index in [1.807, 2.05) is 30.3 Å². The van der Waals surface area contributed by atoms with Crippen LogP contribution in [-0.4, -0.2) is 22.0 Å². The van der Waals surface area contributed by atoms with Crippen molar-refractivity contribution in [2.75, 3.05) is 0 Å². The molecule has 0 atom stereocenters. The Kier molecular flexibility index (Phi) is 4.57. The largest absolute Gasteiger partial charge is 0.481 e. The molecule has 140 valence electrons. The highest BCUT2D eigenvalue weighted by Gasteiger charge is 2.45. The number of nitrogens with one attached hydrogen (secondary N) is 1. The number of amides is 1. The van der Waals surface area contributed by atoms with Gasteiger partial charge in [-0.25, -0.2) is 4.98 Å². The standard InChI is InChI=1S/C21H17N3O3S/c22-11-13-5-6-17-16(7-13)24-18(28-17)12-23-20(27)21(10-19(25)26)8-14-3-1-2-4-15(14)9-21/h1-7H,8-10,12H2,(H,23,27)(H,25,26). The Labute approximate surface area is 165 Å². The van der Waals surface area contributed by atoms with E-state index >= 15 is 0 Å². The summed E-state index contributed by atoms with van der Waals surface area (Å²) in [5.41, 5.74) is 2.35. The van der Waals surface area contributed by atoms with Gasteiger partial charge in [0.25, 0.3) is 0 Å². The number of nitriles is 1. The summed E-state index contributed by atoms with van der Waals surface area (Å²) < 4.78 is 0.941. The summed E-state index contributed by atoms with van der Waals surface area (Å²) in [6, 6.07) is 15.1. The van der Waals surface area contributed by atoms with Gasteiger partial charge in [-0.1, -0.05) is 24.3 Å². The molecule has 1 amide bonds. The van der Waals surface area contributed by atoms with Crippen molar-refractivity contribution in [1.29, 1.82) is 5.26 Å². The second-order valence-electron chi connectivity index (χ2n) is 7.06.